The number of halogens is 2. The number of nitrogens with one attached hydrogen (secondary N) is 1. The molecule has 1 nitrogen and oxygen atoms in total. The Hall–Kier alpha value is -1.12. The van der Waals surface area contributed by atoms with Crippen molar-refractivity contribution >= 4 is 5.69 Å². The SMILES string of the molecule is Cc1ccc(F)c(NC2CCC(C)(C)CC2)c1F. The smallest absolute Gasteiger partial charge is 0.152 e. The second kappa shape index (κ2) is 4.87. The summed E-state index contributed by atoms with van der Waals surface area (Å²) in [5.74, 6) is -0.956. The van der Waals surface area contributed by atoms with Gasteiger partial charge in [-0.05, 0) is 49.7 Å². The molecule has 0 aromatic heterocycles. The third-order valence-corrected chi connectivity index (χ3v) is 3.97. The second-order valence-corrected chi connectivity index (χ2v) is 6.14. The Morgan fingerprint density at radius 1 is 1.17 bits per heavy atom. The minimum atomic E-state index is -0.497. The van der Waals surface area contributed by atoms with Gasteiger partial charge in [-0.3, -0.25) is 0 Å². The minimum Gasteiger partial charge on any atom is -0.378 e. The average molecular weight is 253 g/mol. The van der Waals surface area contributed by atoms with E-state index in [1.165, 1.54) is 12.1 Å². The van der Waals surface area contributed by atoms with Crippen molar-refractivity contribution in [2.75, 3.05) is 5.32 Å². The number of hydrogen-bond donors (Lipinski definition) is 1. The Morgan fingerprint density at radius 2 is 1.78 bits per heavy atom. The van der Waals surface area contributed by atoms with Crippen molar-refractivity contribution in [2.45, 2.75) is 52.5 Å². The van der Waals surface area contributed by atoms with Gasteiger partial charge >= 0.3 is 0 Å². The van der Waals surface area contributed by atoms with Gasteiger partial charge in [-0.2, -0.15) is 0 Å². The van der Waals surface area contributed by atoms with Gasteiger partial charge in [-0.15, -0.1) is 0 Å². The maximum atomic E-state index is 13.9. The summed E-state index contributed by atoms with van der Waals surface area (Å²) < 4.78 is 27.5. The molecule has 1 aromatic rings. The van der Waals surface area contributed by atoms with E-state index in [9.17, 15) is 8.78 Å². The third kappa shape index (κ3) is 2.82. The fraction of sp³-hybridized carbons (Fsp3) is 0.600. The summed E-state index contributed by atoms with van der Waals surface area (Å²) in [5, 5.41) is 3.05. The van der Waals surface area contributed by atoms with Crippen LogP contribution in [0.2, 0.25) is 0 Å². The molecule has 0 bridgehead atoms. The van der Waals surface area contributed by atoms with Gasteiger partial charge in [0.1, 0.15) is 11.5 Å². The fourth-order valence-corrected chi connectivity index (χ4v) is 2.54. The monoisotopic (exact) mass is 253 g/mol. The molecule has 0 heterocycles. The summed E-state index contributed by atoms with van der Waals surface area (Å²) in [4.78, 5) is 0. The van der Waals surface area contributed by atoms with Crippen LogP contribution in [0.25, 0.3) is 0 Å². The number of anilines is 1. The summed E-state index contributed by atoms with van der Waals surface area (Å²) in [6.07, 6.45) is 4.14. The Morgan fingerprint density at radius 3 is 2.39 bits per heavy atom. The topological polar surface area (TPSA) is 12.0 Å². The van der Waals surface area contributed by atoms with Crippen LogP contribution in [-0.4, -0.2) is 6.04 Å². The molecule has 0 aliphatic heterocycles. The van der Waals surface area contributed by atoms with E-state index in [1.807, 2.05) is 0 Å². The standard InChI is InChI=1S/C15H21F2N/c1-10-4-5-12(16)14(13(10)17)18-11-6-8-15(2,3)9-7-11/h4-5,11,18H,6-9H2,1-3H3. The molecular weight excluding hydrogens is 232 g/mol. The predicted octanol–water partition coefficient (Wildman–Crippen LogP) is 4.65. The van der Waals surface area contributed by atoms with Crippen molar-refractivity contribution in [2.24, 2.45) is 5.41 Å². The first-order valence-corrected chi connectivity index (χ1v) is 6.60. The molecule has 0 amide bonds. The predicted molar refractivity (Wildman–Crippen MR) is 70.8 cm³/mol. The minimum absolute atomic E-state index is 0.0414. The normalized spacial score (nSPS) is 19.8. The van der Waals surface area contributed by atoms with E-state index >= 15 is 0 Å². The quantitative estimate of drug-likeness (QED) is 0.808. The molecule has 0 atom stereocenters. The number of hydrogen-bond acceptors (Lipinski definition) is 1. The lowest BCUT2D eigenvalue weighted by atomic mass is 9.75. The highest BCUT2D eigenvalue weighted by Crippen LogP contribution is 2.36. The van der Waals surface area contributed by atoms with E-state index in [2.05, 4.69) is 19.2 Å². The summed E-state index contributed by atoms with van der Waals surface area (Å²) in [7, 11) is 0. The van der Waals surface area contributed by atoms with E-state index in [-0.39, 0.29) is 11.7 Å². The maximum Gasteiger partial charge on any atom is 0.152 e. The van der Waals surface area contributed by atoms with Crippen LogP contribution in [0.3, 0.4) is 0 Å². The van der Waals surface area contributed by atoms with E-state index in [0.29, 0.717) is 11.0 Å². The Kier molecular flexibility index (Phi) is 3.60. The summed E-state index contributed by atoms with van der Waals surface area (Å²) in [6.45, 7) is 6.15. The highest BCUT2D eigenvalue weighted by molar-refractivity contribution is 5.49. The van der Waals surface area contributed by atoms with Gasteiger partial charge in [-0.25, -0.2) is 8.78 Å². The molecule has 0 saturated heterocycles. The van der Waals surface area contributed by atoms with Crippen molar-refractivity contribution in [3.8, 4) is 0 Å². The van der Waals surface area contributed by atoms with E-state index in [1.54, 1.807) is 6.92 Å². The van der Waals surface area contributed by atoms with Crippen LogP contribution in [0.4, 0.5) is 14.5 Å². The number of benzene rings is 1. The molecule has 1 N–H and O–H groups in total. The maximum absolute atomic E-state index is 13.9. The molecule has 3 heteroatoms. The van der Waals surface area contributed by atoms with Gasteiger partial charge in [0.25, 0.3) is 0 Å². The molecule has 1 saturated carbocycles. The zero-order valence-corrected chi connectivity index (χ0v) is 11.3. The van der Waals surface area contributed by atoms with Gasteiger partial charge < -0.3 is 5.32 Å². The van der Waals surface area contributed by atoms with Crippen LogP contribution >= 0.6 is 0 Å². The van der Waals surface area contributed by atoms with Crippen LogP contribution in [0.5, 0.6) is 0 Å². The molecule has 0 unspecified atom stereocenters. The molecule has 1 aliphatic rings. The Bertz CT molecular complexity index is 430. The average Bonchev–Trinajstić information content (AvgIpc) is 2.32. The molecule has 100 valence electrons. The first kappa shape index (κ1) is 13.3. The van der Waals surface area contributed by atoms with Crippen LogP contribution in [0.15, 0.2) is 12.1 Å². The first-order chi connectivity index (χ1) is 8.39. The zero-order valence-electron chi connectivity index (χ0n) is 11.3. The van der Waals surface area contributed by atoms with E-state index < -0.39 is 11.6 Å². The van der Waals surface area contributed by atoms with Crippen molar-refractivity contribution in [1.82, 2.24) is 0 Å². The van der Waals surface area contributed by atoms with E-state index in [0.717, 1.165) is 25.7 Å². The van der Waals surface area contributed by atoms with Crippen LogP contribution in [-0.2, 0) is 0 Å². The molecular formula is C15H21F2N. The van der Waals surface area contributed by atoms with Gasteiger partial charge in [0.15, 0.2) is 5.82 Å². The third-order valence-electron chi connectivity index (χ3n) is 3.97. The Labute approximate surface area is 108 Å². The van der Waals surface area contributed by atoms with Crippen molar-refractivity contribution < 1.29 is 8.78 Å². The summed E-state index contributed by atoms with van der Waals surface area (Å²) in [6, 6.07) is 2.98. The molecule has 1 aromatic carbocycles. The van der Waals surface area contributed by atoms with Gasteiger partial charge in [0.05, 0.1) is 0 Å². The number of aryl methyl sites for hydroxylation is 1. The molecule has 1 aliphatic carbocycles. The Balaban J connectivity index is 2.09. The molecule has 18 heavy (non-hydrogen) atoms. The summed E-state index contributed by atoms with van der Waals surface area (Å²) >= 11 is 0. The highest BCUT2D eigenvalue weighted by atomic mass is 19.1. The fourth-order valence-electron chi connectivity index (χ4n) is 2.54. The molecule has 0 radical (unpaired) electrons. The van der Waals surface area contributed by atoms with E-state index in [4.69, 9.17) is 0 Å². The second-order valence-electron chi connectivity index (χ2n) is 6.14. The lowest BCUT2D eigenvalue weighted by Gasteiger charge is -2.35. The lowest BCUT2D eigenvalue weighted by Crippen LogP contribution is -2.30. The molecule has 0 spiro atoms. The highest BCUT2D eigenvalue weighted by Gasteiger charge is 2.27. The van der Waals surface area contributed by atoms with Crippen LogP contribution < -0.4 is 5.32 Å². The van der Waals surface area contributed by atoms with Crippen LogP contribution in [0, 0.1) is 24.0 Å². The van der Waals surface area contributed by atoms with Crippen LogP contribution in [0.1, 0.15) is 45.1 Å². The largest absolute Gasteiger partial charge is 0.378 e. The van der Waals surface area contributed by atoms with Crippen molar-refractivity contribution in [1.29, 1.82) is 0 Å². The first-order valence-electron chi connectivity index (χ1n) is 6.60. The molecule has 2 rings (SSSR count). The van der Waals surface area contributed by atoms with Gasteiger partial charge in [-0.1, -0.05) is 19.9 Å². The lowest BCUT2D eigenvalue weighted by molar-refractivity contribution is 0.232. The van der Waals surface area contributed by atoms with Gasteiger partial charge in [0.2, 0.25) is 0 Å². The molecule has 1 fully saturated rings. The number of rotatable bonds is 2. The van der Waals surface area contributed by atoms with Gasteiger partial charge in [0, 0.05) is 6.04 Å². The van der Waals surface area contributed by atoms with Crippen molar-refractivity contribution in [3.63, 3.8) is 0 Å². The zero-order chi connectivity index (χ0) is 13.3. The van der Waals surface area contributed by atoms with Crippen molar-refractivity contribution in [3.05, 3.63) is 29.3 Å². The summed E-state index contributed by atoms with van der Waals surface area (Å²) in [5.41, 5.74) is 0.886.